The molecular weight excluding hydrogens is 272 g/mol. The smallest absolute Gasteiger partial charge is 0.132 e. The summed E-state index contributed by atoms with van der Waals surface area (Å²) in [6.07, 6.45) is 13.8. The quantitative estimate of drug-likeness (QED) is 0.911. The Morgan fingerprint density at radius 2 is 1.82 bits per heavy atom. The highest BCUT2D eigenvalue weighted by Gasteiger charge is 2.37. The molecule has 2 saturated carbocycles. The minimum absolute atomic E-state index is 0.379. The lowest BCUT2D eigenvalue weighted by atomic mass is 9.69. The Morgan fingerprint density at radius 3 is 2.59 bits per heavy atom. The highest BCUT2D eigenvalue weighted by Crippen LogP contribution is 2.44. The van der Waals surface area contributed by atoms with Crippen LogP contribution < -0.4 is 10.6 Å². The van der Waals surface area contributed by atoms with Gasteiger partial charge in [0.1, 0.15) is 12.1 Å². The molecule has 3 fully saturated rings. The molecule has 0 atom stereocenters. The highest BCUT2D eigenvalue weighted by atomic mass is 15.2. The van der Waals surface area contributed by atoms with Crippen LogP contribution in [0.25, 0.3) is 0 Å². The zero-order chi connectivity index (χ0) is 15.0. The first-order chi connectivity index (χ1) is 10.7. The molecule has 0 bridgehead atoms. The van der Waals surface area contributed by atoms with E-state index in [1.165, 1.54) is 57.2 Å². The van der Waals surface area contributed by atoms with Crippen LogP contribution in [0.2, 0.25) is 0 Å². The van der Waals surface area contributed by atoms with Gasteiger partial charge in [0, 0.05) is 36.8 Å². The molecule has 0 aromatic carbocycles. The average molecular weight is 300 g/mol. The fourth-order valence-corrected chi connectivity index (χ4v) is 4.77. The molecule has 120 valence electrons. The van der Waals surface area contributed by atoms with Crippen LogP contribution >= 0.6 is 0 Å². The van der Waals surface area contributed by atoms with Crippen LogP contribution in [0.1, 0.15) is 69.4 Å². The number of nitrogens with zero attached hydrogens (tertiary/aromatic N) is 3. The monoisotopic (exact) mass is 300 g/mol. The van der Waals surface area contributed by atoms with Crippen molar-refractivity contribution in [2.45, 2.75) is 69.7 Å². The van der Waals surface area contributed by atoms with Crippen LogP contribution in [-0.4, -0.2) is 29.1 Å². The van der Waals surface area contributed by atoms with E-state index >= 15 is 0 Å². The number of piperidine rings is 1. The van der Waals surface area contributed by atoms with Gasteiger partial charge in [-0.3, -0.25) is 0 Å². The van der Waals surface area contributed by atoms with E-state index in [9.17, 15) is 0 Å². The second kappa shape index (κ2) is 5.80. The van der Waals surface area contributed by atoms with Crippen LogP contribution in [0.4, 0.5) is 5.82 Å². The van der Waals surface area contributed by atoms with Gasteiger partial charge in [0.2, 0.25) is 0 Å². The van der Waals surface area contributed by atoms with Gasteiger partial charge in [0.05, 0.1) is 0 Å². The molecule has 2 N–H and O–H groups in total. The molecule has 3 aliphatic rings. The Balaban J connectivity index is 1.50. The van der Waals surface area contributed by atoms with E-state index in [4.69, 9.17) is 5.73 Å². The maximum Gasteiger partial charge on any atom is 0.132 e. The fourth-order valence-electron chi connectivity index (χ4n) is 4.77. The fraction of sp³-hybridized carbons (Fsp3) is 0.778. The van der Waals surface area contributed by atoms with Gasteiger partial charge < -0.3 is 10.6 Å². The topological polar surface area (TPSA) is 55.0 Å². The van der Waals surface area contributed by atoms with Crippen LogP contribution in [0.5, 0.6) is 0 Å². The minimum Gasteiger partial charge on any atom is -0.356 e. The first kappa shape index (κ1) is 14.4. The van der Waals surface area contributed by atoms with Crippen molar-refractivity contribution in [1.29, 1.82) is 0 Å². The van der Waals surface area contributed by atoms with Gasteiger partial charge in [0.25, 0.3) is 0 Å². The summed E-state index contributed by atoms with van der Waals surface area (Å²) in [6, 6.07) is 2.61. The van der Waals surface area contributed by atoms with E-state index < -0.39 is 0 Å². The molecule has 1 aromatic heterocycles. The summed E-state index contributed by atoms with van der Waals surface area (Å²) in [5.41, 5.74) is 7.70. The highest BCUT2D eigenvalue weighted by molar-refractivity contribution is 5.41. The van der Waals surface area contributed by atoms with Gasteiger partial charge in [-0.05, 0) is 43.9 Å². The summed E-state index contributed by atoms with van der Waals surface area (Å²) in [6.45, 7) is 2.36. The van der Waals surface area contributed by atoms with Crippen molar-refractivity contribution in [2.75, 3.05) is 18.0 Å². The third-order valence-corrected chi connectivity index (χ3v) is 6.17. The summed E-state index contributed by atoms with van der Waals surface area (Å²) >= 11 is 0. The van der Waals surface area contributed by atoms with Crippen LogP contribution in [-0.2, 0) is 0 Å². The molecule has 4 heteroatoms. The average Bonchev–Trinajstić information content (AvgIpc) is 2.53. The molecule has 0 amide bonds. The Morgan fingerprint density at radius 1 is 1.05 bits per heavy atom. The van der Waals surface area contributed by atoms with Gasteiger partial charge in [-0.15, -0.1) is 0 Å². The maximum atomic E-state index is 5.93. The SMILES string of the molecule is NC1CC(c2cc(N3CCCC4(CCCCC4)C3)ncn2)C1. The largest absolute Gasteiger partial charge is 0.356 e. The molecule has 2 heterocycles. The number of rotatable bonds is 2. The molecule has 1 saturated heterocycles. The second-order valence-electron chi connectivity index (χ2n) is 7.82. The van der Waals surface area contributed by atoms with Crippen molar-refractivity contribution in [3.63, 3.8) is 0 Å². The molecular formula is C18H28N4. The van der Waals surface area contributed by atoms with Crippen molar-refractivity contribution in [1.82, 2.24) is 9.97 Å². The van der Waals surface area contributed by atoms with Crippen LogP contribution in [0.15, 0.2) is 12.4 Å². The number of nitrogens with two attached hydrogens (primary N) is 1. The molecule has 2 aliphatic carbocycles. The van der Waals surface area contributed by atoms with Gasteiger partial charge in [-0.1, -0.05) is 19.3 Å². The Kier molecular flexibility index (Phi) is 3.81. The second-order valence-corrected chi connectivity index (χ2v) is 7.82. The first-order valence-corrected chi connectivity index (χ1v) is 9.07. The van der Waals surface area contributed by atoms with Crippen molar-refractivity contribution < 1.29 is 0 Å². The summed E-state index contributed by atoms with van der Waals surface area (Å²) < 4.78 is 0. The standard InChI is InChI=1S/C18H28N4/c19-15-9-14(10-15)16-11-17(21-13-20-16)22-8-4-7-18(12-22)5-2-1-3-6-18/h11,13-15H,1-10,12,19H2. The van der Waals surface area contributed by atoms with E-state index in [1.807, 2.05) is 0 Å². The Labute approximate surface area is 133 Å². The van der Waals surface area contributed by atoms with Crippen molar-refractivity contribution in [3.8, 4) is 0 Å². The third kappa shape index (κ3) is 2.73. The summed E-state index contributed by atoms with van der Waals surface area (Å²) in [7, 11) is 0. The Hall–Kier alpha value is -1.16. The summed E-state index contributed by atoms with van der Waals surface area (Å²) in [4.78, 5) is 11.6. The van der Waals surface area contributed by atoms with E-state index in [1.54, 1.807) is 6.33 Å². The van der Waals surface area contributed by atoms with Gasteiger partial charge in [-0.2, -0.15) is 0 Å². The van der Waals surface area contributed by atoms with Crippen molar-refractivity contribution >= 4 is 5.82 Å². The maximum absolute atomic E-state index is 5.93. The molecule has 1 aromatic rings. The molecule has 4 nitrogen and oxygen atoms in total. The molecule has 4 rings (SSSR count). The number of aromatic nitrogens is 2. The van der Waals surface area contributed by atoms with Gasteiger partial charge >= 0.3 is 0 Å². The zero-order valence-electron chi connectivity index (χ0n) is 13.5. The van der Waals surface area contributed by atoms with Crippen molar-refractivity contribution in [2.24, 2.45) is 11.1 Å². The first-order valence-electron chi connectivity index (χ1n) is 9.07. The lowest BCUT2D eigenvalue weighted by Crippen LogP contribution is -2.44. The summed E-state index contributed by atoms with van der Waals surface area (Å²) in [5, 5.41) is 0. The predicted octanol–water partition coefficient (Wildman–Crippen LogP) is 3.23. The van der Waals surface area contributed by atoms with Crippen LogP contribution in [0.3, 0.4) is 0 Å². The lowest BCUT2D eigenvalue weighted by molar-refractivity contribution is 0.155. The molecule has 22 heavy (non-hydrogen) atoms. The molecule has 0 radical (unpaired) electrons. The minimum atomic E-state index is 0.379. The van der Waals surface area contributed by atoms with Gasteiger partial charge in [0.15, 0.2) is 0 Å². The summed E-state index contributed by atoms with van der Waals surface area (Å²) in [5.74, 6) is 1.71. The number of hydrogen-bond donors (Lipinski definition) is 1. The molecule has 1 aliphatic heterocycles. The predicted molar refractivity (Wildman–Crippen MR) is 88.9 cm³/mol. The van der Waals surface area contributed by atoms with E-state index in [-0.39, 0.29) is 0 Å². The Bertz CT molecular complexity index is 512. The zero-order valence-corrected chi connectivity index (χ0v) is 13.5. The number of hydrogen-bond acceptors (Lipinski definition) is 4. The molecule has 0 unspecified atom stereocenters. The molecule has 1 spiro atoms. The van der Waals surface area contributed by atoms with Crippen LogP contribution in [0, 0.1) is 5.41 Å². The lowest BCUT2D eigenvalue weighted by Gasteiger charge is -2.45. The van der Waals surface area contributed by atoms with E-state index in [2.05, 4.69) is 20.9 Å². The normalized spacial score (nSPS) is 31.0. The van der Waals surface area contributed by atoms with E-state index in [0.717, 1.165) is 25.2 Å². The number of anilines is 1. The van der Waals surface area contributed by atoms with Gasteiger partial charge in [-0.25, -0.2) is 9.97 Å². The third-order valence-electron chi connectivity index (χ3n) is 6.17. The van der Waals surface area contributed by atoms with E-state index in [0.29, 0.717) is 17.4 Å². The van der Waals surface area contributed by atoms with Crippen molar-refractivity contribution in [3.05, 3.63) is 18.1 Å².